The SMILES string of the molecule is CCc1cccc(C)c1NC(=O)c1c(-c2ccccc2)n(-c2ccccc2Cl)c(C)cc1=O. The number of anilines is 1. The average molecular weight is 457 g/mol. The van der Waals surface area contributed by atoms with Gasteiger partial charge in [0.2, 0.25) is 0 Å². The summed E-state index contributed by atoms with van der Waals surface area (Å²) in [6.45, 7) is 5.83. The maximum atomic E-state index is 13.7. The van der Waals surface area contributed by atoms with Crippen LogP contribution in [-0.4, -0.2) is 10.5 Å². The summed E-state index contributed by atoms with van der Waals surface area (Å²) in [6.07, 6.45) is 0.764. The summed E-state index contributed by atoms with van der Waals surface area (Å²) in [7, 11) is 0. The second-order valence-electron chi connectivity index (χ2n) is 7.94. The Labute approximate surface area is 198 Å². The highest BCUT2D eigenvalue weighted by atomic mass is 35.5. The Balaban J connectivity index is 2.00. The fraction of sp³-hybridized carbons (Fsp3) is 0.143. The maximum Gasteiger partial charge on any atom is 0.261 e. The number of amides is 1. The largest absolute Gasteiger partial charge is 0.321 e. The zero-order valence-electron chi connectivity index (χ0n) is 18.9. The third-order valence-corrected chi connectivity index (χ3v) is 6.07. The lowest BCUT2D eigenvalue weighted by atomic mass is 10.0. The van der Waals surface area contributed by atoms with Crippen molar-refractivity contribution in [1.82, 2.24) is 4.57 Å². The number of carbonyl (C=O) groups is 1. The number of hydrogen-bond acceptors (Lipinski definition) is 2. The molecule has 0 spiro atoms. The summed E-state index contributed by atoms with van der Waals surface area (Å²) < 4.78 is 1.88. The molecule has 1 amide bonds. The number of aryl methyl sites for hydroxylation is 3. The van der Waals surface area contributed by atoms with E-state index in [1.807, 2.05) is 92.1 Å². The van der Waals surface area contributed by atoms with Crippen LogP contribution in [0, 0.1) is 13.8 Å². The summed E-state index contributed by atoms with van der Waals surface area (Å²) in [5.74, 6) is -0.441. The molecule has 0 unspecified atom stereocenters. The van der Waals surface area contributed by atoms with Crippen LogP contribution in [0.3, 0.4) is 0 Å². The summed E-state index contributed by atoms with van der Waals surface area (Å²) >= 11 is 6.55. The highest BCUT2D eigenvalue weighted by Gasteiger charge is 2.24. The highest BCUT2D eigenvalue weighted by Crippen LogP contribution is 2.31. The fourth-order valence-corrected chi connectivity index (χ4v) is 4.36. The van der Waals surface area contributed by atoms with Gasteiger partial charge < -0.3 is 9.88 Å². The van der Waals surface area contributed by atoms with E-state index in [-0.39, 0.29) is 11.0 Å². The van der Waals surface area contributed by atoms with Crippen molar-refractivity contribution in [2.45, 2.75) is 27.2 Å². The van der Waals surface area contributed by atoms with Crippen LogP contribution < -0.4 is 10.7 Å². The zero-order valence-corrected chi connectivity index (χ0v) is 19.6. The van der Waals surface area contributed by atoms with E-state index in [4.69, 9.17) is 11.6 Å². The molecule has 4 aromatic rings. The van der Waals surface area contributed by atoms with Crippen molar-refractivity contribution >= 4 is 23.2 Å². The fourth-order valence-electron chi connectivity index (χ4n) is 4.14. The Morgan fingerprint density at radius 1 is 0.939 bits per heavy atom. The van der Waals surface area contributed by atoms with E-state index < -0.39 is 5.91 Å². The summed E-state index contributed by atoms with van der Waals surface area (Å²) in [4.78, 5) is 26.9. The Bertz CT molecular complexity index is 1390. The summed E-state index contributed by atoms with van der Waals surface area (Å²) in [5.41, 5.74) is 5.11. The van der Waals surface area contributed by atoms with Crippen molar-refractivity contribution in [3.05, 3.63) is 116 Å². The van der Waals surface area contributed by atoms with Crippen LogP contribution in [0.25, 0.3) is 16.9 Å². The number of nitrogens with one attached hydrogen (secondary N) is 1. The molecule has 0 aliphatic rings. The van der Waals surface area contributed by atoms with Gasteiger partial charge in [-0.3, -0.25) is 9.59 Å². The molecule has 0 atom stereocenters. The first kappa shape index (κ1) is 22.6. The molecule has 5 heteroatoms. The molecular weight excluding hydrogens is 432 g/mol. The van der Waals surface area contributed by atoms with E-state index in [1.54, 1.807) is 6.07 Å². The summed E-state index contributed by atoms with van der Waals surface area (Å²) in [6, 6.07) is 24.3. The van der Waals surface area contributed by atoms with E-state index in [1.165, 1.54) is 6.07 Å². The number of aromatic nitrogens is 1. The van der Waals surface area contributed by atoms with E-state index in [0.29, 0.717) is 22.1 Å². The van der Waals surface area contributed by atoms with Gasteiger partial charge in [-0.25, -0.2) is 0 Å². The monoisotopic (exact) mass is 456 g/mol. The first-order valence-electron chi connectivity index (χ1n) is 10.9. The van der Waals surface area contributed by atoms with E-state index >= 15 is 0 Å². The first-order chi connectivity index (χ1) is 15.9. The molecule has 0 aliphatic heterocycles. The number of benzene rings is 3. The quantitative estimate of drug-likeness (QED) is 0.368. The van der Waals surface area contributed by atoms with Crippen molar-refractivity contribution in [2.75, 3.05) is 5.32 Å². The van der Waals surface area contributed by atoms with Crippen LogP contribution in [0.15, 0.2) is 83.7 Å². The van der Waals surface area contributed by atoms with Crippen molar-refractivity contribution in [3.8, 4) is 16.9 Å². The second-order valence-corrected chi connectivity index (χ2v) is 8.35. The number of halogens is 1. The van der Waals surface area contributed by atoms with Gasteiger partial charge in [0.05, 0.1) is 16.4 Å². The van der Waals surface area contributed by atoms with E-state index in [0.717, 1.165) is 28.8 Å². The van der Waals surface area contributed by atoms with Gasteiger partial charge in [0.1, 0.15) is 5.56 Å². The van der Waals surface area contributed by atoms with Crippen LogP contribution in [0.5, 0.6) is 0 Å². The Hall–Kier alpha value is -3.63. The molecule has 0 saturated heterocycles. The maximum absolute atomic E-state index is 13.7. The molecule has 0 bridgehead atoms. The number of pyridine rings is 1. The van der Waals surface area contributed by atoms with E-state index in [2.05, 4.69) is 5.32 Å². The molecule has 3 aromatic carbocycles. The molecule has 4 nitrogen and oxygen atoms in total. The molecule has 33 heavy (non-hydrogen) atoms. The van der Waals surface area contributed by atoms with Gasteiger partial charge in [-0.15, -0.1) is 0 Å². The Morgan fingerprint density at radius 3 is 2.33 bits per heavy atom. The molecular formula is C28H25ClN2O2. The average Bonchev–Trinajstić information content (AvgIpc) is 2.81. The molecule has 0 fully saturated rings. The predicted molar refractivity (Wildman–Crippen MR) is 136 cm³/mol. The first-order valence-corrected chi connectivity index (χ1v) is 11.3. The second kappa shape index (κ2) is 9.47. The minimum absolute atomic E-state index is 0.0806. The number of hydrogen-bond donors (Lipinski definition) is 1. The van der Waals surface area contributed by atoms with Gasteiger partial charge >= 0.3 is 0 Å². The zero-order chi connectivity index (χ0) is 23.5. The van der Waals surface area contributed by atoms with E-state index in [9.17, 15) is 9.59 Å². The molecule has 0 aliphatic carbocycles. The molecule has 1 N–H and O–H groups in total. The predicted octanol–water partition coefficient (Wildman–Crippen LogP) is 6.59. The lowest BCUT2D eigenvalue weighted by molar-refractivity contribution is 0.102. The van der Waals surface area contributed by atoms with Crippen LogP contribution in [0.4, 0.5) is 5.69 Å². The normalized spacial score (nSPS) is 10.8. The minimum atomic E-state index is -0.441. The Morgan fingerprint density at radius 2 is 1.64 bits per heavy atom. The third-order valence-electron chi connectivity index (χ3n) is 5.75. The van der Waals surface area contributed by atoms with Crippen molar-refractivity contribution < 1.29 is 4.79 Å². The van der Waals surface area contributed by atoms with Crippen LogP contribution in [0.1, 0.15) is 34.1 Å². The van der Waals surface area contributed by atoms with Crippen LogP contribution in [-0.2, 0) is 6.42 Å². The number of para-hydroxylation sites is 2. The minimum Gasteiger partial charge on any atom is -0.321 e. The third kappa shape index (κ3) is 4.35. The van der Waals surface area contributed by atoms with Gasteiger partial charge in [-0.1, -0.05) is 79.2 Å². The molecule has 166 valence electrons. The molecule has 0 radical (unpaired) electrons. The topological polar surface area (TPSA) is 51.1 Å². The van der Waals surface area contributed by atoms with Crippen LogP contribution >= 0.6 is 11.6 Å². The van der Waals surface area contributed by atoms with Gasteiger partial charge in [0, 0.05) is 17.4 Å². The van der Waals surface area contributed by atoms with Crippen LogP contribution in [0.2, 0.25) is 5.02 Å². The van der Waals surface area contributed by atoms with Crippen molar-refractivity contribution in [1.29, 1.82) is 0 Å². The van der Waals surface area contributed by atoms with Crippen molar-refractivity contribution in [3.63, 3.8) is 0 Å². The molecule has 0 saturated carbocycles. The van der Waals surface area contributed by atoms with Gasteiger partial charge in [-0.05, 0) is 49.1 Å². The number of carbonyl (C=O) groups excluding carboxylic acids is 1. The highest BCUT2D eigenvalue weighted by molar-refractivity contribution is 6.32. The number of nitrogens with zero attached hydrogens (tertiary/aromatic N) is 1. The summed E-state index contributed by atoms with van der Waals surface area (Å²) in [5, 5.41) is 3.55. The van der Waals surface area contributed by atoms with Gasteiger partial charge in [-0.2, -0.15) is 0 Å². The Kier molecular flexibility index (Phi) is 6.47. The van der Waals surface area contributed by atoms with Gasteiger partial charge in [0.25, 0.3) is 5.91 Å². The lowest BCUT2D eigenvalue weighted by Gasteiger charge is -2.22. The number of rotatable bonds is 5. The lowest BCUT2D eigenvalue weighted by Crippen LogP contribution is -2.27. The smallest absolute Gasteiger partial charge is 0.261 e. The standard InChI is InChI=1S/C28H25ClN2O2/c1-4-20-14-10-11-18(2)26(20)30-28(33)25-24(32)17-19(3)31(23-16-9-8-15-22(23)29)27(25)21-12-6-5-7-13-21/h5-17H,4H2,1-3H3,(H,30,33). The molecule has 1 heterocycles. The molecule has 1 aromatic heterocycles. The van der Waals surface area contributed by atoms with Gasteiger partial charge in [0.15, 0.2) is 5.43 Å². The molecule has 4 rings (SSSR count). The van der Waals surface area contributed by atoms with Crippen molar-refractivity contribution in [2.24, 2.45) is 0 Å².